The summed E-state index contributed by atoms with van der Waals surface area (Å²) >= 11 is 3.27. The SMILES string of the molecule is COCCNC(=NCc1nnc(C)n1C)NCCCc1ccc(Br)cc1F. The van der Waals surface area contributed by atoms with Gasteiger partial charge in [-0.3, -0.25) is 0 Å². The molecule has 9 heteroatoms. The molecule has 0 aliphatic heterocycles. The standard InChI is InChI=1S/C18H26BrFN6O/c1-13-24-25-17(26(13)2)12-23-18(22-9-10-27-3)21-8-4-5-14-6-7-15(19)11-16(14)20/h6-7,11H,4-5,8-10,12H2,1-3H3,(H2,21,22,23). The van der Waals surface area contributed by atoms with E-state index < -0.39 is 0 Å². The highest BCUT2D eigenvalue weighted by atomic mass is 79.9. The summed E-state index contributed by atoms with van der Waals surface area (Å²) in [6.07, 6.45) is 1.44. The van der Waals surface area contributed by atoms with E-state index in [9.17, 15) is 4.39 Å². The number of aliphatic imine (C=N–C) groups is 1. The lowest BCUT2D eigenvalue weighted by atomic mass is 10.1. The fourth-order valence-corrected chi connectivity index (χ4v) is 2.73. The molecule has 27 heavy (non-hydrogen) atoms. The van der Waals surface area contributed by atoms with Crippen LogP contribution in [0.3, 0.4) is 0 Å². The monoisotopic (exact) mass is 440 g/mol. The Hall–Kier alpha value is -2.00. The van der Waals surface area contributed by atoms with Crippen molar-refractivity contribution in [3.63, 3.8) is 0 Å². The average molecular weight is 441 g/mol. The van der Waals surface area contributed by atoms with Crippen molar-refractivity contribution < 1.29 is 9.13 Å². The molecule has 2 aromatic rings. The molecule has 7 nitrogen and oxygen atoms in total. The lowest BCUT2D eigenvalue weighted by Gasteiger charge is -2.12. The summed E-state index contributed by atoms with van der Waals surface area (Å²) in [5.74, 6) is 2.12. The molecule has 2 rings (SSSR count). The van der Waals surface area contributed by atoms with Gasteiger partial charge in [0.25, 0.3) is 0 Å². The predicted octanol–water partition coefficient (Wildman–Crippen LogP) is 2.34. The Kier molecular flexibility index (Phi) is 8.66. The van der Waals surface area contributed by atoms with Gasteiger partial charge in [0.2, 0.25) is 0 Å². The zero-order valence-electron chi connectivity index (χ0n) is 15.9. The maximum atomic E-state index is 13.9. The van der Waals surface area contributed by atoms with Crippen LogP contribution in [-0.4, -0.2) is 47.5 Å². The fraction of sp³-hybridized carbons (Fsp3) is 0.500. The number of rotatable bonds is 9. The quantitative estimate of drug-likeness (QED) is 0.355. The van der Waals surface area contributed by atoms with Crippen LogP contribution in [0.15, 0.2) is 27.7 Å². The molecule has 1 heterocycles. The number of guanidine groups is 1. The molecule has 0 atom stereocenters. The minimum absolute atomic E-state index is 0.186. The first-order valence-corrected chi connectivity index (χ1v) is 9.60. The molecule has 0 fully saturated rings. The number of methoxy groups -OCH3 is 1. The first kappa shape index (κ1) is 21.3. The topological polar surface area (TPSA) is 76.4 Å². The van der Waals surface area contributed by atoms with Gasteiger partial charge in [0.15, 0.2) is 11.8 Å². The van der Waals surface area contributed by atoms with Crippen LogP contribution in [-0.2, 0) is 24.8 Å². The van der Waals surface area contributed by atoms with Crippen LogP contribution in [0.25, 0.3) is 0 Å². The molecular weight excluding hydrogens is 415 g/mol. The fourth-order valence-electron chi connectivity index (χ4n) is 2.39. The number of aryl methyl sites for hydroxylation is 2. The summed E-state index contributed by atoms with van der Waals surface area (Å²) in [5.41, 5.74) is 0.709. The molecule has 0 saturated carbocycles. The molecular formula is C18H26BrFN6O. The second-order valence-electron chi connectivity index (χ2n) is 6.07. The summed E-state index contributed by atoms with van der Waals surface area (Å²) in [7, 11) is 3.57. The third kappa shape index (κ3) is 6.91. The van der Waals surface area contributed by atoms with E-state index in [4.69, 9.17) is 4.74 Å². The van der Waals surface area contributed by atoms with Gasteiger partial charge in [-0.15, -0.1) is 10.2 Å². The first-order valence-electron chi connectivity index (χ1n) is 8.81. The molecule has 0 saturated heterocycles. The van der Waals surface area contributed by atoms with Crippen molar-refractivity contribution in [2.45, 2.75) is 26.3 Å². The zero-order chi connectivity index (χ0) is 19.6. The molecule has 2 N–H and O–H groups in total. The van der Waals surface area contributed by atoms with Crippen molar-refractivity contribution in [2.75, 3.05) is 26.8 Å². The van der Waals surface area contributed by atoms with Crippen LogP contribution in [0.2, 0.25) is 0 Å². The van der Waals surface area contributed by atoms with Gasteiger partial charge < -0.3 is 19.9 Å². The largest absolute Gasteiger partial charge is 0.383 e. The van der Waals surface area contributed by atoms with E-state index in [2.05, 4.69) is 41.8 Å². The summed E-state index contributed by atoms with van der Waals surface area (Å²) in [5, 5.41) is 14.6. The summed E-state index contributed by atoms with van der Waals surface area (Å²) in [6, 6.07) is 5.15. The van der Waals surface area contributed by atoms with E-state index in [1.54, 1.807) is 7.11 Å². The van der Waals surface area contributed by atoms with Gasteiger partial charge in [0.1, 0.15) is 18.2 Å². The Bertz CT molecular complexity index is 764. The first-order chi connectivity index (χ1) is 13.0. The molecule has 0 spiro atoms. The van der Waals surface area contributed by atoms with Gasteiger partial charge >= 0.3 is 0 Å². The second kappa shape index (κ2) is 11.0. The van der Waals surface area contributed by atoms with E-state index in [0.717, 1.165) is 22.5 Å². The summed E-state index contributed by atoms with van der Waals surface area (Å²) < 4.78 is 21.6. The maximum Gasteiger partial charge on any atom is 0.191 e. The average Bonchev–Trinajstić information content (AvgIpc) is 2.96. The van der Waals surface area contributed by atoms with Crippen LogP contribution >= 0.6 is 15.9 Å². The number of hydrogen-bond acceptors (Lipinski definition) is 4. The lowest BCUT2D eigenvalue weighted by Crippen LogP contribution is -2.39. The molecule has 1 aromatic carbocycles. The maximum absolute atomic E-state index is 13.9. The van der Waals surface area contributed by atoms with Crippen molar-refractivity contribution in [1.29, 1.82) is 0 Å². The van der Waals surface area contributed by atoms with Crippen molar-refractivity contribution in [1.82, 2.24) is 25.4 Å². The lowest BCUT2D eigenvalue weighted by molar-refractivity contribution is 0.203. The van der Waals surface area contributed by atoms with Gasteiger partial charge in [0.05, 0.1) is 6.61 Å². The number of benzene rings is 1. The molecule has 0 bridgehead atoms. The van der Waals surface area contributed by atoms with E-state index in [1.165, 1.54) is 6.07 Å². The number of nitrogens with zero attached hydrogens (tertiary/aromatic N) is 4. The normalized spacial score (nSPS) is 11.7. The van der Waals surface area contributed by atoms with Gasteiger partial charge in [-0.1, -0.05) is 22.0 Å². The van der Waals surface area contributed by atoms with Crippen LogP contribution in [0.5, 0.6) is 0 Å². The van der Waals surface area contributed by atoms with E-state index in [-0.39, 0.29) is 5.82 Å². The number of halogens is 2. The Balaban J connectivity index is 1.87. The summed E-state index contributed by atoms with van der Waals surface area (Å²) in [4.78, 5) is 4.55. The van der Waals surface area contributed by atoms with Crippen molar-refractivity contribution in [2.24, 2.45) is 12.0 Å². The van der Waals surface area contributed by atoms with Gasteiger partial charge in [-0.05, 0) is 37.5 Å². The van der Waals surface area contributed by atoms with Crippen molar-refractivity contribution in [3.05, 3.63) is 45.7 Å². The Morgan fingerprint density at radius 3 is 2.74 bits per heavy atom. The molecule has 148 valence electrons. The Morgan fingerprint density at radius 2 is 2.07 bits per heavy atom. The Labute approximate surface area is 167 Å². The van der Waals surface area contributed by atoms with Crippen LogP contribution < -0.4 is 10.6 Å². The molecule has 1 aromatic heterocycles. The third-order valence-electron chi connectivity index (χ3n) is 4.09. The van der Waals surface area contributed by atoms with Crippen LogP contribution in [0.1, 0.15) is 23.6 Å². The van der Waals surface area contributed by atoms with E-state index in [1.807, 2.05) is 30.7 Å². The van der Waals surface area contributed by atoms with E-state index >= 15 is 0 Å². The van der Waals surface area contributed by atoms with Crippen molar-refractivity contribution in [3.8, 4) is 0 Å². The predicted molar refractivity (Wildman–Crippen MR) is 107 cm³/mol. The van der Waals surface area contributed by atoms with Gasteiger partial charge in [-0.25, -0.2) is 9.38 Å². The number of hydrogen-bond donors (Lipinski definition) is 2. The third-order valence-corrected chi connectivity index (χ3v) is 4.58. The molecule has 0 radical (unpaired) electrons. The Morgan fingerprint density at radius 1 is 1.30 bits per heavy atom. The van der Waals surface area contributed by atoms with Crippen molar-refractivity contribution >= 4 is 21.9 Å². The highest BCUT2D eigenvalue weighted by Crippen LogP contribution is 2.16. The minimum Gasteiger partial charge on any atom is -0.383 e. The van der Waals surface area contributed by atoms with E-state index in [0.29, 0.717) is 44.2 Å². The highest BCUT2D eigenvalue weighted by Gasteiger charge is 2.06. The second-order valence-corrected chi connectivity index (χ2v) is 6.99. The number of nitrogens with one attached hydrogen (secondary N) is 2. The van der Waals surface area contributed by atoms with Crippen LogP contribution in [0.4, 0.5) is 4.39 Å². The summed E-state index contributed by atoms with van der Waals surface area (Å²) in [6.45, 7) is 4.21. The number of aromatic nitrogens is 3. The van der Waals surface area contributed by atoms with Gasteiger partial charge in [0, 0.05) is 31.7 Å². The smallest absolute Gasteiger partial charge is 0.191 e. The highest BCUT2D eigenvalue weighted by molar-refractivity contribution is 9.10. The van der Waals surface area contributed by atoms with Gasteiger partial charge in [-0.2, -0.15) is 0 Å². The molecule has 0 unspecified atom stereocenters. The molecule has 0 amide bonds. The molecule has 0 aliphatic rings. The minimum atomic E-state index is -0.186. The zero-order valence-corrected chi connectivity index (χ0v) is 17.5. The number of ether oxygens (including phenoxy) is 1. The van der Waals surface area contributed by atoms with Crippen LogP contribution in [0, 0.1) is 12.7 Å². The molecule has 0 aliphatic carbocycles.